The van der Waals surface area contributed by atoms with Crippen molar-refractivity contribution in [1.29, 1.82) is 0 Å². The Morgan fingerprint density at radius 3 is 2.56 bits per heavy atom. The highest BCUT2D eigenvalue weighted by molar-refractivity contribution is 5.35. The molecule has 0 aliphatic rings. The van der Waals surface area contributed by atoms with Gasteiger partial charge in [0.1, 0.15) is 18.5 Å². The summed E-state index contributed by atoms with van der Waals surface area (Å²) in [4.78, 5) is 0. The van der Waals surface area contributed by atoms with Crippen LogP contribution in [0.1, 0.15) is 5.56 Å². The van der Waals surface area contributed by atoms with Crippen molar-refractivity contribution in [2.24, 2.45) is 0 Å². The lowest BCUT2D eigenvalue weighted by Gasteiger charge is -2.14. The molecular weight excluding hydrogens is 221 g/mol. The van der Waals surface area contributed by atoms with E-state index in [1.165, 1.54) is 18.2 Å². The molecule has 1 atom stereocenters. The van der Waals surface area contributed by atoms with Crippen molar-refractivity contribution < 1.29 is 23.0 Å². The van der Waals surface area contributed by atoms with Crippen LogP contribution >= 0.6 is 0 Å². The monoisotopic (exact) mass is 230 g/mol. The van der Waals surface area contributed by atoms with Gasteiger partial charge in [0.25, 0.3) is 0 Å². The summed E-state index contributed by atoms with van der Waals surface area (Å²) < 4.78 is 42.2. The van der Waals surface area contributed by atoms with Crippen molar-refractivity contribution in [2.75, 3.05) is 6.61 Å². The van der Waals surface area contributed by atoms with E-state index in [0.29, 0.717) is 0 Å². The van der Waals surface area contributed by atoms with Crippen molar-refractivity contribution in [3.63, 3.8) is 0 Å². The molecule has 0 aromatic heterocycles. The van der Waals surface area contributed by atoms with Gasteiger partial charge >= 0.3 is 6.18 Å². The smallest absolute Gasteiger partial charge is 0.419 e. The highest BCUT2D eigenvalue weighted by atomic mass is 19.4. The zero-order valence-electron chi connectivity index (χ0n) is 8.16. The molecule has 1 aromatic rings. The maximum Gasteiger partial charge on any atom is 0.419 e. The van der Waals surface area contributed by atoms with Crippen molar-refractivity contribution >= 4 is 0 Å². The van der Waals surface area contributed by atoms with Gasteiger partial charge in [-0.3, -0.25) is 0 Å². The zero-order valence-corrected chi connectivity index (χ0v) is 8.16. The molecule has 86 valence electrons. The molecule has 2 nitrogen and oxygen atoms in total. The predicted molar refractivity (Wildman–Crippen MR) is 51.8 cm³/mol. The van der Waals surface area contributed by atoms with Crippen LogP contribution in [0.5, 0.6) is 5.75 Å². The highest BCUT2D eigenvalue weighted by Crippen LogP contribution is 2.35. The maximum absolute atomic E-state index is 12.5. The number of rotatable bonds is 3. The van der Waals surface area contributed by atoms with Gasteiger partial charge in [-0.25, -0.2) is 0 Å². The zero-order chi connectivity index (χ0) is 12.2. The minimum atomic E-state index is -4.49. The fourth-order valence-electron chi connectivity index (χ4n) is 1.04. The molecule has 0 aliphatic heterocycles. The van der Waals surface area contributed by atoms with Crippen LogP contribution in [-0.4, -0.2) is 17.8 Å². The lowest BCUT2D eigenvalue weighted by Crippen LogP contribution is -2.17. The van der Waals surface area contributed by atoms with E-state index in [-0.39, 0.29) is 12.4 Å². The Kier molecular flexibility index (Phi) is 3.80. The van der Waals surface area contributed by atoms with Crippen molar-refractivity contribution in [3.8, 4) is 18.1 Å². The maximum atomic E-state index is 12.5. The number of ether oxygens (including phenoxy) is 1. The van der Waals surface area contributed by atoms with Gasteiger partial charge in [0, 0.05) is 0 Å². The van der Waals surface area contributed by atoms with Crippen LogP contribution in [0.3, 0.4) is 0 Å². The Hall–Kier alpha value is -1.67. The molecule has 0 saturated carbocycles. The third-order valence-electron chi connectivity index (χ3n) is 1.78. The molecule has 1 unspecified atom stereocenters. The van der Waals surface area contributed by atoms with Gasteiger partial charge in [-0.2, -0.15) is 13.2 Å². The first-order valence-corrected chi connectivity index (χ1v) is 4.38. The Labute approximate surface area is 90.7 Å². The molecule has 0 radical (unpaired) electrons. The van der Waals surface area contributed by atoms with E-state index < -0.39 is 17.8 Å². The first kappa shape index (κ1) is 12.4. The van der Waals surface area contributed by atoms with Gasteiger partial charge in [0.15, 0.2) is 0 Å². The summed E-state index contributed by atoms with van der Waals surface area (Å²) in [5.74, 6) is 1.60. The fourth-order valence-corrected chi connectivity index (χ4v) is 1.04. The lowest BCUT2D eigenvalue weighted by molar-refractivity contribution is -0.139. The third kappa shape index (κ3) is 3.17. The number of hydrogen-bond donors (Lipinski definition) is 1. The minimum Gasteiger partial charge on any atom is -0.489 e. The average molecular weight is 230 g/mol. The number of para-hydroxylation sites is 1. The number of benzene rings is 1. The molecular formula is C11H9F3O2. The first-order valence-electron chi connectivity index (χ1n) is 4.38. The Morgan fingerprint density at radius 2 is 2.00 bits per heavy atom. The van der Waals surface area contributed by atoms with Gasteiger partial charge in [-0.05, 0) is 12.1 Å². The average Bonchev–Trinajstić information content (AvgIpc) is 2.25. The van der Waals surface area contributed by atoms with Crippen LogP contribution in [0.2, 0.25) is 0 Å². The molecule has 1 N–H and O–H groups in total. The van der Waals surface area contributed by atoms with Gasteiger partial charge in [-0.15, -0.1) is 6.42 Å². The van der Waals surface area contributed by atoms with Crippen molar-refractivity contribution in [1.82, 2.24) is 0 Å². The number of halogens is 3. The number of aliphatic hydroxyl groups is 1. The summed E-state index contributed by atoms with van der Waals surface area (Å²) in [6.07, 6.45) is -0.852. The summed E-state index contributed by atoms with van der Waals surface area (Å²) >= 11 is 0. The first-order chi connectivity index (χ1) is 7.45. The van der Waals surface area contributed by atoms with Gasteiger partial charge in [0.2, 0.25) is 0 Å². The minimum absolute atomic E-state index is 0.343. The topological polar surface area (TPSA) is 29.5 Å². The molecule has 0 heterocycles. The van der Waals surface area contributed by atoms with Crippen molar-refractivity contribution in [3.05, 3.63) is 29.8 Å². The standard InChI is InChI=1S/C11H9F3O2/c1-2-8(15)7-16-10-6-4-3-5-9(10)11(12,13)14/h1,3-6,8,15H,7H2. The summed E-state index contributed by atoms with van der Waals surface area (Å²) in [7, 11) is 0. The summed E-state index contributed by atoms with van der Waals surface area (Å²) in [5, 5.41) is 8.97. The van der Waals surface area contributed by atoms with E-state index >= 15 is 0 Å². The van der Waals surface area contributed by atoms with Crippen LogP contribution in [0.15, 0.2) is 24.3 Å². The second kappa shape index (κ2) is 4.90. The second-order valence-corrected chi connectivity index (χ2v) is 2.99. The summed E-state index contributed by atoms with van der Waals surface area (Å²) in [5.41, 5.74) is -0.890. The van der Waals surface area contributed by atoms with E-state index in [9.17, 15) is 13.2 Å². The third-order valence-corrected chi connectivity index (χ3v) is 1.78. The molecule has 1 aromatic carbocycles. The van der Waals surface area contributed by atoms with Crippen LogP contribution in [0.4, 0.5) is 13.2 Å². The predicted octanol–water partition coefficient (Wildman–Crippen LogP) is 2.08. The molecule has 0 aliphatic carbocycles. The quantitative estimate of drug-likeness (QED) is 0.805. The van der Waals surface area contributed by atoms with E-state index in [1.54, 1.807) is 0 Å². The molecule has 0 spiro atoms. The van der Waals surface area contributed by atoms with Gasteiger partial charge < -0.3 is 9.84 Å². The Morgan fingerprint density at radius 1 is 1.38 bits per heavy atom. The molecule has 0 amide bonds. The molecule has 16 heavy (non-hydrogen) atoms. The summed E-state index contributed by atoms with van der Waals surface area (Å²) in [6, 6.07) is 4.74. The van der Waals surface area contributed by atoms with E-state index in [4.69, 9.17) is 16.3 Å². The largest absolute Gasteiger partial charge is 0.489 e. The highest BCUT2D eigenvalue weighted by Gasteiger charge is 2.34. The van der Waals surface area contributed by atoms with Crippen LogP contribution in [-0.2, 0) is 6.18 Å². The van der Waals surface area contributed by atoms with E-state index in [0.717, 1.165) is 6.07 Å². The van der Waals surface area contributed by atoms with Crippen LogP contribution in [0, 0.1) is 12.3 Å². The lowest BCUT2D eigenvalue weighted by atomic mass is 10.2. The molecule has 1 rings (SSSR count). The van der Waals surface area contributed by atoms with Crippen molar-refractivity contribution in [2.45, 2.75) is 12.3 Å². The summed E-state index contributed by atoms with van der Waals surface area (Å²) in [6.45, 7) is -0.371. The van der Waals surface area contributed by atoms with Crippen LogP contribution < -0.4 is 4.74 Å². The Bertz CT molecular complexity index is 393. The van der Waals surface area contributed by atoms with E-state index in [2.05, 4.69) is 0 Å². The molecule has 0 bridgehead atoms. The Balaban J connectivity index is 2.85. The number of aliphatic hydroxyl groups excluding tert-OH is 1. The van der Waals surface area contributed by atoms with E-state index in [1.807, 2.05) is 5.92 Å². The van der Waals surface area contributed by atoms with Crippen LogP contribution in [0.25, 0.3) is 0 Å². The SMILES string of the molecule is C#CC(O)COc1ccccc1C(F)(F)F. The number of alkyl halides is 3. The normalized spacial score (nSPS) is 12.9. The second-order valence-electron chi connectivity index (χ2n) is 2.99. The molecule has 0 saturated heterocycles. The number of terminal acetylenes is 1. The van der Waals surface area contributed by atoms with Gasteiger partial charge in [-0.1, -0.05) is 18.1 Å². The van der Waals surface area contributed by atoms with Gasteiger partial charge in [0.05, 0.1) is 5.56 Å². The number of hydrogen-bond acceptors (Lipinski definition) is 2. The molecule has 5 heteroatoms. The fraction of sp³-hybridized carbons (Fsp3) is 0.273. The molecule has 0 fully saturated rings.